The lowest BCUT2D eigenvalue weighted by Crippen LogP contribution is -2.23. The minimum Gasteiger partial charge on any atom is -0.316 e. The van der Waals surface area contributed by atoms with Gasteiger partial charge in [0.2, 0.25) is 0 Å². The standard InChI is InChI=1S/C15H25NS/c1-5-8-16-10-12(2)11-17-15-7-6-13(3)14(4)9-15/h6-7,9,12,16H,5,8,10-11H2,1-4H3. The summed E-state index contributed by atoms with van der Waals surface area (Å²) in [6.07, 6.45) is 1.22. The number of aryl methyl sites for hydroxylation is 2. The van der Waals surface area contributed by atoms with Gasteiger partial charge in [-0.05, 0) is 62.5 Å². The van der Waals surface area contributed by atoms with Crippen LogP contribution in [-0.2, 0) is 0 Å². The Kier molecular flexibility index (Phi) is 6.68. The Balaban J connectivity index is 2.31. The van der Waals surface area contributed by atoms with Gasteiger partial charge in [-0.25, -0.2) is 0 Å². The molecular weight excluding hydrogens is 226 g/mol. The van der Waals surface area contributed by atoms with E-state index in [9.17, 15) is 0 Å². The number of benzene rings is 1. The molecule has 0 amide bonds. The smallest absolute Gasteiger partial charge is 0.00748 e. The van der Waals surface area contributed by atoms with Crippen LogP contribution in [0, 0.1) is 19.8 Å². The van der Waals surface area contributed by atoms with Gasteiger partial charge in [-0.15, -0.1) is 11.8 Å². The van der Waals surface area contributed by atoms with Gasteiger partial charge in [0.15, 0.2) is 0 Å². The van der Waals surface area contributed by atoms with Crippen LogP contribution in [0.5, 0.6) is 0 Å². The summed E-state index contributed by atoms with van der Waals surface area (Å²) in [5, 5.41) is 3.48. The van der Waals surface area contributed by atoms with Crippen molar-refractivity contribution in [3.05, 3.63) is 29.3 Å². The van der Waals surface area contributed by atoms with Crippen molar-refractivity contribution < 1.29 is 0 Å². The van der Waals surface area contributed by atoms with Crippen LogP contribution >= 0.6 is 11.8 Å². The zero-order chi connectivity index (χ0) is 12.7. The third kappa shape index (κ3) is 5.60. The molecule has 1 N–H and O–H groups in total. The number of nitrogens with one attached hydrogen (secondary N) is 1. The van der Waals surface area contributed by atoms with E-state index in [-0.39, 0.29) is 0 Å². The van der Waals surface area contributed by atoms with Crippen LogP contribution in [-0.4, -0.2) is 18.8 Å². The van der Waals surface area contributed by atoms with E-state index in [1.54, 1.807) is 0 Å². The van der Waals surface area contributed by atoms with Gasteiger partial charge >= 0.3 is 0 Å². The van der Waals surface area contributed by atoms with Gasteiger partial charge < -0.3 is 5.32 Å². The highest BCUT2D eigenvalue weighted by Crippen LogP contribution is 2.22. The predicted molar refractivity (Wildman–Crippen MR) is 79.0 cm³/mol. The Hall–Kier alpha value is -0.470. The van der Waals surface area contributed by atoms with Gasteiger partial charge in [-0.1, -0.05) is 19.9 Å². The fourth-order valence-corrected chi connectivity index (χ4v) is 2.65. The minimum atomic E-state index is 0.730. The third-order valence-corrected chi connectivity index (χ3v) is 4.26. The Morgan fingerprint density at radius 1 is 1.24 bits per heavy atom. The van der Waals surface area contributed by atoms with E-state index in [0.29, 0.717) is 0 Å². The summed E-state index contributed by atoms with van der Waals surface area (Å²) < 4.78 is 0. The highest BCUT2D eigenvalue weighted by atomic mass is 32.2. The Labute approximate surface area is 110 Å². The van der Waals surface area contributed by atoms with Crippen LogP contribution in [0.15, 0.2) is 23.1 Å². The predicted octanol–water partition coefficient (Wildman–Crippen LogP) is 4.03. The maximum absolute atomic E-state index is 3.48. The SMILES string of the molecule is CCCNCC(C)CSc1ccc(C)c(C)c1. The van der Waals surface area contributed by atoms with Gasteiger partial charge in [0, 0.05) is 10.6 Å². The summed E-state index contributed by atoms with van der Waals surface area (Å²) in [4.78, 5) is 1.40. The van der Waals surface area contributed by atoms with E-state index in [4.69, 9.17) is 0 Å². The van der Waals surface area contributed by atoms with Crippen molar-refractivity contribution in [2.24, 2.45) is 5.92 Å². The van der Waals surface area contributed by atoms with Crippen molar-refractivity contribution in [1.82, 2.24) is 5.32 Å². The first-order valence-electron chi connectivity index (χ1n) is 6.54. The molecule has 1 nitrogen and oxygen atoms in total. The van der Waals surface area contributed by atoms with Crippen LogP contribution in [0.25, 0.3) is 0 Å². The Bertz CT molecular complexity index is 336. The average Bonchev–Trinajstić information content (AvgIpc) is 2.31. The molecule has 1 aromatic rings. The van der Waals surface area contributed by atoms with Gasteiger partial charge in [-0.2, -0.15) is 0 Å². The second kappa shape index (κ2) is 7.78. The fraction of sp³-hybridized carbons (Fsp3) is 0.600. The molecule has 2 heteroatoms. The van der Waals surface area contributed by atoms with Crippen LogP contribution in [0.3, 0.4) is 0 Å². The molecule has 0 spiro atoms. The van der Waals surface area contributed by atoms with Crippen LogP contribution in [0.2, 0.25) is 0 Å². The monoisotopic (exact) mass is 251 g/mol. The summed E-state index contributed by atoms with van der Waals surface area (Å²) in [6, 6.07) is 6.75. The quantitative estimate of drug-likeness (QED) is 0.580. The second-order valence-electron chi connectivity index (χ2n) is 4.87. The molecule has 0 bridgehead atoms. The first kappa shape index (κ1) is 14.6. The lowest BCUT2D eigenvalue weighted by Gasteiger charge is -2.12. The molecule has 96 valence electrons. The van der Waals surface area contributed by atoms with Crippen molar-refractivity contribution in [3.63, 3.8) is 0 Å². The number of thioether (sulfide) groups is 1. The van der Waals surface area contributed by atoms with Crippen LogP contribution in [0.1, 0.15) is 31.4 Å². The molecule has 0 saturated heterocycles. The van der Waals surface area contributed by atoms with E-state index >= 15 is 0 Å². The molecule has 1 atom stereocenters. The first-order chi connectivity index (χ1) is 8.13. The van der Waals surface area contributed by atoms with Gasteiger partial charge in [0.25, 0.3) is 0 Å². The zero-order valence-corrected chi connectivity index (χ0v) is 12.4. The highest BCUT2D eigenvalue weighted by Gasteiger charge is 2.03. The average molecular weight is 251 g/mol. The van der Waals surface area contributed by atoms with Crippen molar-refractivity contribution >= 4 is 11.8 Å². The molecule has 1 rings (SSSR count). The largest absolute Gasteiger partial charge is 0.316 e. The fourth-order valence-electron chi connectivity index (χ4n) is 1.63. The van der Waals surface area contributed by atoms with Crippen LogP contribution < -0.4 is 5.32 Å². The highest BCUT2D eigenvalue weighted by molar-refractivity contribution is 7.99. The molecular formula is C15H25NS. The number of rotatable bonds is 7. The van der Waals surface area contributed by atoms with Gasteiger partial charge in [0.1, 0.15) is 0 Å². The van der Waals surface area contributed by atoms with Crippen molar-refractivity contribution in [3.8, 4) is 0 Å². The molecule has 0 fully saturated rings. The zero-order valence-electron chi connectivity index (χ0n) is 11.5. The summed E-state index contributed by atoms with van der Waals surface area (Å²) in [5.74, 6) is 1.92. The van der Waals surface area contributed by atoms with Crippen LogP contribution in [0.4, 0.5) is 0 Å². The maximum atomic E-state index is 3.48. The molecule has 0 aliphatic rings. The first-order valence-corrected chi connectivity index (χ1v) is 7.52. The van der Waals surface area contributed by atoms with Crippen molar-refractivity contribution in [2.75, 3.05) is 18.8 Å². The molecule has 0 radical (unpaired) electrons. The lowest BCUT2D eigenvalue weighted by atomic mass is 10.1. The summed E-state index contributed by atoms with van der Waals surface area (Å²) in [5.41, 5.74) is 2.78. The van der Waals surface area contributed by atoms with Gasteiger partial charge in [0.05, 0.1) is 0 Å². The van der Waals surface area contributed by atoms with E-state index in [2.05, 4.69) is 51.2 Å². The maximum Gasteiger partial charge on any atom is 0.00748 e. The van der Waals surface area contributed by atoms with E-state index in [0.717, 1.165) is 19.0 Å². The molecule has 0 aliphatic heterocycles. The topological polar surface area (TPSA) is 12.0 Å². The Morgan fingerprint density at radius 3 is 2.65 bits per heavy atom. The Morgan fingerprint density at radius 2 is 2.00 bits per heavy atom. The molecule has 0 saturated carbocycles. The van der Waals surface area contributed by atoms with E-state index in [1.165, 1.54) is 28.2 Å². The summed E-state index contributed by atoms with van der Waals surface area (Å²) in [7, 11) is 0. The minimum absolute atomic E-state index is 0.730. The molecule has 1 aromatic carbocycles. The molecule has 0 aromatic heterocycles. The molecule has 0 heterocycles. The normalized spacial score (nSPS) is 12.7. The third-order valence-electron chi connectivity index (χ3n) is 2.93. The number of hydrogen-bond acceptors (Lipinski definition) is 2. The molecule has 1 unspecified atom stereocenters. The lowest BCUT2D eigenvalue weighted by molar-refractivity contribution is 0.557. The van der Waals surface area contributed by atoms with Gasteiger partial charge in [-0.3, -0.25) is 0 Å². The van der Waals surface area contributed by atoms with Crippen molar-refractivity contribution in [2.45, 2.75) is 39.0 Å². The van der Waals surface area contributed by atoms with E-state index < -0.39 is 0 Å². The number of hydrogen-bond donors (Lipinski definition) is 1. The molecule has 17 heavy (non-hydrogen) atoms. The summed E-state index contributed by atoms with van der Waals surface area (Å²) >= 11 is 1.97. The summed E-state index contributed by atoms with van der Waals surface area (Å²) in [6.45, 7) is 11.1. The molecule has 0 aliphatic carbocycles. The van der Waals surface area contributed by atoms with E-state index in [1.807, 2.05) is 11.8 Å². The second-order valence-corrected chi connectivity index (χ2v) is 5.96. The van der Waals surface area contributed by atoms with Crippen molar-refractivity contribution in [1.29, 1.82) is 0 Å².